The molecule has 3 fully saturated rings. The van der Waals surface area contributed by atoms with Gasteiger partial charge in [0.15, 0.2) is 5.82 Å². The first-order valence-corrected chi connectivity index (χ1v) is 13.9. The summed E-state index contributed by atoms with van der Waals surface area (Å²) in [5.74, 6) is 1.36. The second-order valence-electron chi connectivity index (χ2n) is 11.9. The molecule has 2 N–H and O–H groups in total. The monoisotopic (exact) mass is 546 g/mol. The molecule has 0 bridgehead atoms. The molecule has 0 spiro atoms. The summed E-state index contributed by atoms with van der Waals surface area (Å²) in [6.07, 6.45) is 0. The Hall–Kier alpha value is -3.20. The van der Waals surface area contributed by atoms with Crippen LogP contribution in [0.15, 0.2) is 42.5 Å². The second kappa shape index (κ2) is 8.91. The van der Waals surface area contributed by atoms with Gasteiger partial charge in [-0.15, -0.1) is 0 Å². The van der Waals surface area contributed by atoms with Gasteiger partial charge in [-0.05, 0) is 54.5 Å². The molecule has 9 heteroatoms. The summed E-state index contributed by atoms with van der Waals surface area (Å²) in [6.45, 7) is 7.54. The molecule has 7 rings (SSSR count). The molecule has 2 unspecified atom stereocenters. The topological polar surface area (TPSA) is 67.8 Å². The number of halogens is 2. The number of fused-ring (bicyclic) bond motifs is 3. The van der Waals surface area contributed by atoms with Gasteiger partial charge in [0.1, 0.15) is 17.1 Å². The Bertz CT molecular complexity index is 1620. The van der Waals surface area contributed by atoms with Crippen molar-refractivity contribution in [1.29, 1.82) is 0 Å². The van der Waals surface area contributed by atoms with Crippen LogP contribution in [-0.2, 0) is 0 Å². The van der Waals surface area contributed by atoms with E-state index < -0.39 is 5.82 Å². The maximum atomic E-state index is 16.7. The van der Waals surface area contributed by atoms with Gasteiger partial charge in [0.25, 0.3) is 0 Å². The van der Waals surface area contributed by atoms with Gasteiger partial charge in [-0.1, -0.05) is 42.8 Å². The molecule has 0 radical (unpaired) electrons. The molecule has 3 aliphatic rings. The Morgan fingerprint density at radius 1 is 1.08 bits per heavy atom. The van der Waals surface area contributed by atoms with Crippen LogP contribution in [0, 0.1) is 17.2 Å². The van der Waals surface area contributed by atoms with Crippen LogP contribution in [0.5, 0.6) is 5.75 Å². The minimum absolute atomic E-state index is 0.0593. The summed E-state index contributed by atoms with van der Waals surface area (Å²) in [4.78, 5) is 16.4. The fraction of sp³-hybridized carbons (Fsp3) is 0.400. The third-order valence-electron chi connectivity index (χ3n) is 9.04. The van der Waals surface area contributed by atoms with Crippen molar-refractivity contribution in [1.82, 2.24) is 20.2 Å². The van der Waals surface area contributed by atoms with Crippen LogP contribution < -0.4 is 15.1 Å². The molecule has 2 atom stereocenters. The van der Waals surface area contributed by atoms with Crippen LogP contribution in [0.3, 0.4) is 0 Å². The zero-order valence-electron chi connectivity index (χ0n) is 22.4. The molecule has 7 nitrogen and oxygen atoms in total. The van der Waals surface area contributed by atoms with Crippen molar-refractivity contribution < 1.29 is 9.50 Å². The zero-order chi connectivity index (χ0) is 27.1. The summed E-state index contributed by atoms with van der Waals surface area (Å²) in [5, 5.41) is 16.5. The number of likely N-dealkylation sites (N-methyl/N-ethyl adjacent to an activating group) is 1. The van der Waals surface area contributed by atoms with Crippen molar-refractivity contribution in [3.63, 3.8) is 0 Å². The minimum atomic E-state index is -0.491. The lowest BCUT2D eigenvalue weighted by molar-refractivity contribution is 0.245. The third kappa shape index (κ3) is 3.91. The Morgan fingerprint density at radius 2 is 1.87 bits per heavy atom. The number of aromatic nitrogens is 2. The number of aromatic hydroxyl groups is 1. The molecule has 0 amide bonds. The van der Waals surface area contributed by atoms with Crippen LogP contribution in [0.1, 0.15) is 6.92 Å². The predicted octanol–water partition coefficient (Wildman–Crippen LogP) is 4.74. The van der Waals surface area contributed by atoms with E-state index >= 15 is 4.39 Å². The quantitative estimate of drug-likeness (QED) is 0.383. The lowest BCUT2D eigenvalue weighted by Crippen LogP contribution is -2.58. The maximum Gasteiger partial charge on any atom is 0.228 e. The maximum absolute atomic E-state index is 16.7. The first-order valence-electron chi connectivity index (χ1n) is 13.5. The number of hydrogen-bond donors (Lipinski definition) is 2. The van der Waals surface area contributed by atoms with Gasteiger partial charge in [0, 0.05) is 61.7 Å². The third-order valence-corrected chi connectivity index (χ3v) is 9.34. The minimum Gasteiger partial charge on any atom is -0.508 e. The molecule has 4 heterocycles. The summed E-state index contributed by atoms with van der Waals surface area (Å²) in [7, 11) is 4.14. The Labute approximate surface area is 232 Å². The predicted molar refractivity (Wildman–Crippen MR) is 155 cm³/mol. The first-order chi connectivity index (χ1) is 18.7. The smallest absolute Gasteiger partial charge is 0.228 e. The van der Waals surface area contributed by atoms with Crippen molar-refractivity contribution in [2.75, 3.05) is 63.2 Å². The zero-order valence-corrected chi connectivity index (χ0v) is 23.1. The number of anilines is 2. The average Bonchev–Trinajstić information content (AvgIpc) is 3.37. The highest BCUT2D eigenvalue weighted by Gasteiger charge is 2.47. The van der Waals surface area contributed by atoms with Gasteiger partial charge in [-0.25, -0.2) is 9.37 Å². The van der Waals surface area contributed by atoms with Gasteiger partial charge >= 0.3 is 0 Å². The van der Waals surface area contributed by atoms with Crippen LogP contribution in [-0.4, -0.2) is 79.4 Å². The number of phenolic OH excluding ortho intramolecular Hbond substituents is 1. The summed E-state index contributed by atoms with van der Waals surface area (Å²) < 4.78 is 16.7. The average molecular weight is 547 g/mol. The van der Waals surface area contributed by atoms with E-state index in [-0.39, 0.29) is 27.3 Å². The van der Waals surface area contributed by atoms with E-state index in [1.54, 1.807) is 18.2 Å². The van der Waals surface area contributed by atoms with Crippen LogP contribution in [0.25, 0.3) is 32.8 Å². The lowest BCUT2D eigenvalue weighted by Gasteiger charge is -2.43. The van der Waals surface area contributed by atoms with E-state index in [4.69, 9.17) is 21.6 Å². The standard InChI is InChI=1S/C30H32ClFN6O/c1-30-15-33-11-18(30)12-38(16-30)28-23-10-24(31)25(22-9-20(39)8-17-6-4-5-7-21(17)22)26(32)27(23)34-29(35-28)37-13-19(14-37)36(2)3/h4-10,18-19,33,39H,11-16H2,1-3H3. The Balaban J connectivity index is 1.42. The fourth-order valence-electron chi connectivity index (χ4n) is 6.57. The lowest BCUT2D eigenvalue weighted by atomic mass is 9.83. The molecule has 4 aromatic rings. The molecule has 3 aliphatic heterocycles. The summed E-state index contributed by atoms with van der Waals surface area (Å²) in [5.41, 5.74) is 1.20. The van der Waals surface area contributed by atoms with Crippen molar-refractivity contribution in [3.8, 4) is 16.9 Å². The van der Waals surface area contributed by atoms with E-state index in [1.165, 1.54) is 0 Å². The number of nitrogens with zero attached hydrogens (tertiary/aromatic N) is 5. The van der Waals surface area contributed by atoms with Crippen molar-refractivity contribution in [3.05, 3.63) is 53.3 Å². The SMILES string of the molecule is CN(C)C1CN(c2nc(N3CC4CNCC4(C)C3)c3cc(Cl)c(-c4cc(O)cc5ccccc45)c(F)c3n2)C1. The normalized spacial score (nSPS) is 23.3. The number of rotatable bonds is 4. The van der Waals surface area contributed by atoms with E-state index in [2.05, 4.69) is 41.0 Å². The van der Waals surface area contributed by atoms with Crippen molar-refractivity contribution >= 4 is 45.0 Å². The highest BCUT2D eigenvalue weighted by Crippen LogP contribution is 2.45. The number of phenols is 1. The number of nitrogens with one attached hydrogen (secondary N) is 1. The van der Waals surface area contributed by atoms with Gasteiger partial charge in [0.2, 0.25) is 5.95 Å². The highest BCUT2D eigenvalue weighted by molar-refractivity contribution is 6.35. The van der Waals surface area contributed by atoms with Gasteiger partial charge < -0.3 is 25.1 Å². The largest absolute Gasteiger partial charge is 0.508 e. The van der Waals surface area contributed by atoms with E-state index in [1.807, 2.05) is 24.3 Å². The second-order valence-corrected chi connectivity index (χ2v) is 12.3. The highest BCUT2D eigenvalue weighted by atomic mass is 35.5. The molecule has 3 saturated heterocycles. The number of benzene rings is 3. The summed E-state index contributed by atoms with van der Waals surface area (Å²) >= 11 is 6.87. The number of hydrogen-bond acceptors (Lipinski definition) is 7. The van der Waals surface area contributed by atoms with E-state index in [9.17, 15) is 5.11 Å². The van der Waals surface area contributed by atoms with Gasteiger partial charge in [-0.2, -0.15) is 4.98 Å². The molecule has 39 heavy (non-hydrogen) atoms. The molecular formula is C30H32ClFN6O. The van der Waals surface area contributed by atoms with Crippen LogP contribution in [0.4, 0.5) is 16.2 Å². The van der Waals surface area contributed by atoms with E-state index in [0.717, 1.165) is 55.9 Å². The van der Waals surface area contributed by atoms with Crippen LogP contribution in [0.2, 0.25) is 5.02 Å². The molecule has 1 aromatic heterocycles. The van der Waals surface area contributed by atoms with Crippen LogP contribution >= 0.6 is 11.6 Å². The van der Waals surface area contributed by atoms with Crippen molar-refractivity contribution in [2.24, 2.45) is 11.3 Å². The van der Waals surface area contributed by atoms with Crippen molar-refractivity contribution in [2.45, 2.75) is 13.0 Å². The molecule has 0 aliphatic carbocycles. The Morgan fingerprint density at radius 3 is 2.64 bits per heavy atom. The fourth-order valence-corrected chi connectivity index (χ4v) is 6.86. The molecular weight excluding hydrogens is 515 g/mol. The van der Waals surface area contributed by atoms with E-state index in [0.29, 0.717) is 28.9 Å². The molecule has 202 valence electrons. The summed E-state index contributed by atoms with van der Waals surface area (Å²) in [6, 6.07) is 13.1. The first kappa shape index (κ1) is 24.8. The molecule has 3 aromatic carbocycles. The molecule has 0 saturated carbocycles. The Kier molecular flexibility index (Phi) is 5.67. The van der Waals surface area contributed by atoms with Gasteiger partial charge in [0.05, 0.1) is 5.02 Å². The van der Waals surface area contributed by atoms with Gasteiger partial charge in [-0.3, -0.25) is 0 Å².